The molecule has 1 saturated heterocycles. The molecule has 3 fully saturated rings. The highest BCUT2D eigenvalue weighted by Gasteiger charge is 2.67. The Labute approximate surface area is 195 Å². The summed E-state index contributed by atoms with van der Waals surface area (Å²) in [6, 6.07) is 1.62. The summed E-state index contributed by atoms with van der Waals surface area (Å²) >= 11 is 5.41. The van der Waals surface area contributed by atoms with Gasteiger partial charge in [0.1, 0.15) is 0 Å². The van der Waals surface area contributed by atoms with Crippen molar-refractivity contribution in [3.63, 3.8) is 0 Å². The van der Waals surface area contributed by atoms with E-state index in [2.05, 4.69) is 36.3 Å². The number of likely N-dealkylation sites (tertiary alicyclic amines) is 1. The van der Waals surface area contributed by atoms with Gasteiger partial charge in [-0.25, -0.2) is 0 Å². The molecule has 1 aliphatic heterocycles. The van der Waals surface area contributed by atoms with Crippen LogP contribution in [0.1, 0.15) is 57.6 Å². The normalized spacial score (nSPS) is 31.7. The van der Waals surface area contributed by atoms with Crippen molar-refractivity contribution in [3.05, 3.63) is 29.3 Å². The molecule has 0 aromatic heterocycles. The van der Waals surface area contributed by atoms with Crippen LogP contribution in [0, 0.1) is 16.7 Å². The van der Waals surface area contributed by atoms with Crippen LogP contribution < -0.4 is 10.6 Å². The van der Waals surface area contributed by atoms with Crippen molar-refractivity contribution in [3.8, 4) is 0 Å². The Morgan fingerprint density at radius 1 is 0.970 bits per heavy atom. The summed E-state index contributed by atoms with van der Waals surface area (Å²) in [5.74, 6) is 0.450. The van der Waals surface area contributed by atoms with Crippen LogP contribution in [0.15, 0.2) is 18.2 Å². The van der Waals surface area contributed by atoms with Crippen molar-refractivity contribution in [2.75, 3.05) is 18.4 Å². The molecule has 1 aromatic rings. The van der Waals surface area contributed by atoms with Crippen molar-refractivity contribution in [1.82, 2.24) is 10.2 Å². The summed E-state index contributed by atoms with van der Waals surface area (Å²) in [5.41, 5.74) is -3.13. The average molecular weight is 494 g/mol. The van der Waals surface area contributed by atoms with E-state index in [4.69, 9.17) is 12.2 Å². The molecule has 0 amide bonds. The number of halogens is 6. The van der Waals surface area contributed by atoms with E-state index in [1.165, 1.54) is 0 Å². The summed E-state index contributed by atoms with van der Waals surface area (Å²) in [5, 5.41) is 5.97. The fourth-order valence-corrected chi connectivity index (χ4v) is 6.66. The average Bonchev–Trinajstić information content (AvgIpc) is 3.32. The first kappa shape index (κ1) is 24.6. The second-order valence-corrected chi connectivity index (χ2v) is 10.8. The molecule has 2 aliphatic carbocycles. The molecule has 2 N–H and O–H groups in total. The Hall–Kier alpha value is -1.55. The van der Waals surface area contributed by atoms with Crippen LogP contribution in [-0.2, 0) is 12.4 Å². The minimum Gasteiger partial charge on any atom is -0.358 e. The monoisotopic (exact) mass is 493 g/mol. The van der Waals surface area contributed by atoms with E-state index < -0.39 is 23.5 Å². The summed E-state index contributed by atoms with van der Waals surface area (Å²) in [7, 11) is 0. The number of fused-ring (bicyclic) bond motifs is 2. The Bertz CT molecular complexity index is 890. The van der Waals surface area contributed by atoms with Gasteiger partial charge in [-0.05, 0) is 85.9 Å². The number of thiocarbonyl (C=S) groups is 1. The zero-order valence-electron chi connectivity index (χ0n) is 18.8. The quantitative estimate of drug-likeness (QED) is 0.382. The lowest BCUT2D eigenvalue weighted by Gasteiger charge is -2.43. The van der Waals surface area contributed by atoms with Crippen LogP contribution in [0.2, 0.25) is 0 Å². The van der Waals surface area contributed by atoms with Crippen LogP contribution in [0.25, 0.3) is 0 Å². The zero-order chi connectivity index (χ0) is 24.4. The molecule has 1 heterocycles. The third kappa shape index (κ3) is 4.22. The molecule has 0 radical (unpaired) electrons. The molecule has 3 nitrogen and oxygen atoms in total. The third-order valence-corrected chi connectivity index (χ3v) is 8.73. The number of alkyl halides is 6. The highest BCUT2D eigenvalue weighted by Crippen LogP contribution is 2.66. The van der Waals surface area contributed by atoms with Crippen molar-refractivity contribution >= 4 is 23.0 Å². The van der Waals surface area contributed by atoms with Gasteiger partial charge in [0.05, 0.1) is 11.1 Å². The molecule has 4 atom stereocenters. The molecule has 184 valence electrons. The second kappa shape index (κ2) is 8.00. The summed E-state index contributed by atoms with van der Waals surface area (Å²) in [6.45, 7) is 8.72. The van der Waals surface area contributed by atoms with E-state index in [1.807, 2.05) is 0 Å². The number of hydrogen-bond acceptors (Lipinski definition) is 2. The van der Waals surface area contributed by atoms with Gasteiger partial charge in [0.2, 0.25) is 0 Å². The van der Waals surface area contributed by atoms with E-state index in [1.54, 1.807) is 0 Å². The van der Waals surface area contributed by atoms with Crippen LogP contribution in [0.5, 0.6) is 0 Å². The van der Waals surface area contributed by atoms with Crippen molar-refractivity contribution in [2.45, 2.75) is 70.9 Å². The first-order valence-electron chi connectivity index (χ1n) is 11.3. The molecule has 0 spiro atoms. The summed E-state index contributed by atoms with van der Waals surface area (Å²) in [4.78, 5) is 2.48. The zero-order valence-corrected chi connectivity index (χ0v) is 19.6. The van der Waals surface area contributed by atoms with Crippen molar-refractivity contribution in [1.29, 1.82) is 0 Å². The van der Waals surface area contributed by atoms with Crippen LogP contribution in [0.4, 0.5) is 32.0 Å². The van der Waals surface area contributed by atoms with Gasteiger partial charge < -0.3 is 10.6 Å². The topological polar surface area (TPSA) is 27.3 Å². The molecule has 2 unspecified atom stereocenters. The molecule has 33 heavy (non-hydrogen) atoms. The molecular formula is C23H29F6N3S. The number of rotatable bonds is 3. The largest absolute Gasteiger partial charge is 0.416 e. The maximum atomic E-state index is 13.2. The van der Waals surface area contributed by atoms with Crippen LogP contribution in [0.3, 0.4) is 0 Å². The second-order valence-electron chi connectivity index (χ2n) is 10.4. The van der Waals surface area contributed by atoms with Gasteiger partial charge in [-0.1, -0.05) is 20.8 Å². The van der Waals surface area contributed by atoms with Crippen molar-refractivity contribution < 1.29 is 26.3 Å². The van der Waals surface area contributed by atoms with Gasteiger partial charge in [0.25, 0.3) is 0 Å². The van der Waals surface area contributed by atoms with E-state index in [-0.39, 0.29) is 39.8 Å². The Balaban J connectivity index is 1.59. The number of benzene rings is 1. The van der Waals surface area contributed by atoms with Crippen LogP contribution >= 0.6 is 12.2 Å². The number of hydrogen-bond donors (Lipinski definition) is 2. The standard InChI is InChI=1S/C23H29F6N3S/c1-20(2)16-6-7-21(20,3)18(17(16)32-8-4-5-9-32)31-19(33)30-15-11-13(22(24,25)26)10-14(12-15)23(27,28)29/h10-12,16-18H,4-9H2,1-3H3,(H2,30,31,33)/t16?,17-,18-,21?/m1/s1. The van der Waals surface area contributed by atoms with Gasteiger partial charge in [-0.2, -0.15) is 26.3 Å². The fourth-order valence-electron chi connectivity index (χ4n) is 6.41. The molecule has 2 bridgehead atoms. The Morgan fingerprint density at radius 2 is 1.52 bits per heavy atom. The highest BCUT2D eigenvalue weighted by molar-refractivity contribution is 7.80. The Kier molecular flexibility index (Phi) is 5.96. The predicted octanol–water partition coefficient (Wildman–Crippen LogP) is 6.30. The minimum atomic E-state index is -4.91. The van der Waals surface area contributed by atoms with E-state index in [0.29, 0.717) is 18.1 Å². The van der Waals surface area contributed by atoms with Gasteiger partial charge in [0.15, 0.2) is 5.11 Å². The molecule has 1 aromatic carbocycles. The van der Waals surface area contributed by atoms with Crippen LogP contribution in [-0.4, -0.2) is 35.2 Å². The number of nitrogens with zero attached hydrogens (tertiary/aromatic N) is 1. The predicted molar refractivity (Wildman–Crippen MR) is 119 cm³/mol. The maximum Gasteiger partial charge on any atom is 0.416 e. The van der Waals surface area contributed by atoms with E-state index in [9.17, 15) is 26.3 Å². The Morgan fingerprint density at radius 3 is 2.03 bits per heavy atom. The fraction of sp³-hybridized carbons (Fsp3) is 0.696. The summed E-state index contributed by atoms with van der Waals surface area (Å²) in [6.07, 6.45) is -5.46. The summed E-state index contributed by atoms with van der Waals surface area (Å²) < 4.78 is 79.3. The first-order chi connectivity index (χ1) is 15.1. The van der Waals surface area contributed by atoms with E-state index in [0.717, 1.165) is 38.8 Å². The lowest BCUT2D eigenvalue weighted by molar-refractivity contribution is -0.143. The SMILES string of the molecule is CC1(C)C2CCC1(C)[C@H](NC(=S)Nc1cc(C(F)(F)F)cc(C(F)(F)F)c1)[C@@H]2N1CCCC1. The smallest absolute Gasteiger partial charge is 0.358 e. The van der Waals surface area contributed by atoms with E-state index >= 15 is 0 Å². The first-order valence-corrected chi connectivity index (χ1v) is 11.7. The minimum absolute atomic E-state index is 0.0349. The number of anilines is 1. The lowest BCUT2D eigenvalue weighted by atomic mass is 9.69. The third-order valence-electron chi connectivity index (χ3n) is 8.51. The van der Waals surface area contributed by atoms with Gasteiger partial charge in [-0.15, -0.1) is 0 Å². The molecular weight excluding hydrogens is 464 g/mol. The van der Waals surface area contributed by atoms with Crippen molar-refractivity contribution in [2.24, 2.45) is 16.7 Å². The molecule has 2 saturated carbocycles. The van der Waals surface area contributed by atoms with Gasteiger partial charge >= 0.3 is 12.4 Å². The molecule has 10 heteroatoms. The molecule has 4 rings (SSSR count). The highest BCUT2D eigenvalue weighted by atomic mass is 32.1. The molecule has 3 aliphatic rings. The number of nitrogens with one attached hydrogen (secondary N) is 2. The van der Waals surface area contributed by atoms with Gasteiger partial charge in [0, 0.05) is 17.8 Å². The maximum absolute atomic E-state index is 13.2. The van der Waals surface area contributed by atoms with Gasteiger partial charge in [-0.3, -0.25) is 4.90 Å². The lowest BCUT2D eigenvalue weighted by Crippen LogP contribution is -2.57.